The number of hydrogen-bond acceptors (Lipinski definition) is 2. The van der Waals surface area contributed by atoms with Crippen LogP contribution in [0, 0.1) is 0 Å². The first kappa shape index (κ1) is 14.7. The molecule has 2 atom stereocenters. The molecule has 0 aromatic heterocycles. The Kier molecular flexibility index (Phi) is 6.44. The van der Waals surface area contributed by atoms with Gasteiger partial charge in [-0.05, 0) is 18.9 Å². The highest BCUT2D eigenvalue weighted by atomic mass is 16.1. The number of carbonyl (C=O) groups is 1. The highest BCUT2D eigenvalue weighted by Crippen LogP contribution is 2.20. The van der Waals surface area contributed by atoms with E-state index in [4.69, 9.17) is 5.73 Å². The fourth-order valence-corrected chi connectivity index (χ4v) is 2.14. The molecule has 0 aliphatic heterocycles. The van der Waals surface area contributed by atoms with Gasteiger partial charge in [-0.2, -0.15) is 0 Å². The highest BCUT2D eigenvalue weighted by molar-refractivity contribution is 5.74. The van der Waals surface area contributed by atoms with Crippen LogP contribution >= 0.6 is 0 Å². The fraction of sp³-hybridized carbons (Fsp3) is 0.533. The van der Waals surface area contributed by atoms with Crippen molar-refractivity contribution in [2.24, 2.45) is 5.73 Å². The van der Waals surface area contributed by atoms with E-state index in [1.54, 1.807) is 0 Å². The molecule has 18 heavy (non-hydrogen) atoms. The van der Waals surface area contributed by atoms with Gasteiger partial charge in [0.05, 0.1) is 0 Å². The minimum absolute atomic E-state index is 0.115. The molecule has 0 aliphatic carbocycles. The largest absolute Gasteiger partial charge is 0.370 e. The summed E-state index contributed by atoms with van der Waals surface area (Å²) in [6.45, 7) is 4.20. The van der Waals surface area contributed by atoms with Crippen molar-refractivity contribution in [2.45, 2.75) is 51.6 Å². The number of unbranched alkanes of at least 4 members (excludes halogenated alkanes) is 1. The fourth-order valence-electron chi connectivity index (χ4n) is 2.14. The molecule has 1 amide bonds. The summed E-state index contributed by atoms with van der Waals surface area (Å²) in [6.07, 6.45) is 3.82. The molecule has 0 bridgehead atoms. The van der Waals surface area contributed by atoms with Crippen LogP contribution in [0.2, 0.25) is 0 Å². The van der Waals surface area contributed by atoms with E-state index >= 15 is 0 Å². The van der Waals surface area contributed by atoms with Crippen LogP contribution in [0.3, 0.4) is 0 Å². The van der Waals surface area contributed by atoms with E-state index < -0.39 is 0 Å². The van der Waals surface area contributed by atoms with Crippen molar-refractivity contribution in [1.29, 1.82) is 0 Å². The summed E-state index contributed by atoms with van der Waals surface area (Å²) in [5.74, 6) is -0.252. The first-order valence-corrected chi connectivity index (χ1v) is 6.72. The molecule has 0 fully saturated rings. The van der Waals surface area contributed by atoms with E-state index in [1.807, 2.05) is 13.0 Å². The first-order valence-electron chi connectivity index (χ1n) is 6.72. The van der Waals surface area contributed by atoms with Gasteiger partial charge >= 0.3 is 0 Å². The predicted octanol–water partition coefficient (Wildman–Crippen LogP) is 2.77. The summed E-state index contributed by atoms with van der Waals surface area (Å²) < 4.78 is 0. The van der Waals surface area contributed by atoms with Gasteiger partial charge in [-0.15, -0.1) is 0 Å². The Bertz CT molecular complexity index is 351. The predicted molar refractivity (Wildman–Crippen MR) is 75.1 cm³/mol. The van der Waals surface area contributed by atoms with Gasteiger partial charge in [0, 0.05) is 18.5 Å². The van der Waals surface area contributed by atoms with E-state index in [0.717, 1.165) is 6.42 Å². The summed E-state index contributed by atoms with van der Waals surface area (Å²) in [5, 5.41) is 3.50. The Labute approximate surface area is 110 Å². The molecule has 0 spiro atoms. The Morgan fingerprint density at radius 1 is 1.33 bits per heavy atom. The zero-order chi connectivity index (χ0) is 13.4. The molecule has 0 aliphatic rings. The van der Waals surface area contributed by atoms with E-state index in [1.165, 1.54) is 18.4 Å². The molecule has 0 saturated heterocycles. The number of nitrogens with two attached hydrogens (primary N) is 1. The molecule has 0 heterocycles. The van der Waals surface area contributed by atoms with Gasteiger partial charge in [-0.1, -0.05) is 50.1 Å². The SMILES string of the molecule is CCCCC(NC(C)CC(N)=O)c1ccccc1. The van der Waals surface area contributed by atoms with E-state index in [2.05, 4.69) is 36.5 Å². The molecule has 3 heteroatoms. The number of rotatable bonds is 8. The second-order valence-electron chi connectivity index (χ2n) is 4.84. The lowest BCUT2D eigenvalue weighted by Gasteiger charge is -2.23. The maximum absolute atomic E-state index is 10.9. The minimum atomic E-state index is -0.252. The first-order chi connectivity index (χ1) is 8.63. The molecule has 100 valence electrons. The Balaban J connectivity index is 2.64. The van der Waals surface area contributed by atoms with Crippen LogP contribution in [0.25, 0.3) is 0 Å². The topological polar surface area (TPSA) is 55.1 Å². The highest BCUT2D eigenvalue weighted by Gasteiger charge is 2.14. The number of carbonyl (C=O) groups excluding carboxylic acids is 1. The summed E-state index contributed by atoms with van der Waals surface area (Å²) in [5.41, 5.74) is 6.51. The van der Waals surface area contributed by atoms with Crippen LogP contribution < -0.4 is 11.1 Å². The van der Waals surface area contributed by atoms with Gasteiger partial charge in [0.2, 0.25) is 5.91 Å². The van der Waals surface area contributed by atoms with Crippen molar-refractivity contribution < 1.29 is 4.79 Å². The van der Waals surface area contributed by atoms with Gasteiger partial charge in [0.25, 0.3) is 0 Å². The van der Waals surface area contributed by atoms with Crippen molar-refractivity contribution in [1.82, 2.24) is 5.32 Å². The Morgan fingerprint density at radius 2 is 2.00 bits per heavy atom. The van der Waals surface area contributed by atoms with Crippen LogP contribution in [0.1, 0.15) is 51.1 Å². The second kappa shape index (κ2) is 7.88. The van der Waals surface area contributed by atoms with E-state index in [-0.39, 0.29) is 11.9 Å². The summed E-state index contributed by atoms with van der Waals surface area (Å²) in [6, 6.07) is 10.8. The molecular weight excluding hydrogens is 224 g/mol. The third-order valence-electron chi connectivity index (χ3n) is 3.04. The van der Waals surface area contributed by atoms with Gasteiger partial charge in [-0.3, -0.25) is 4.79 Å². The number of benzene rings is 1. The van der Waals surface area contributed by atoms with Crippen molar-refractivity contribution in [3.05, 3.63) is 35.9 Å². The Hall–Kier alpha value is -1.35. The lowest BCUT2D eigenvalue weighted by Crippen LogP contribution is -2.34. The van der Waals surface area contributed by atoms with Gasteiger partial charge in [-0.25, -0.2) is 0 Å². The molecule has 2 unspecified atom stereocenters. The average molecular weight is 248 g/mol. The maximum atomic E-state index is 10.9. The second-order valence-corrected chi connectivity index (χ2v) is 4.84. The van der Waals surface area contributed by atoms with Crippen molar-refractivity contribution in [3.8, 4) is 0 Å². The van der Waals surface area contributed by atoms with Crippen LogP contribution in [-0.2, 0) is 4.79 Å². The van der Waals surface area contributed by atoms with Gasteiger partial charge in [0.15, 0.2) is 0 Å². The van der Waals surface area contributed by atoms with Gasteiger partial charge < -0.3 is 11.1 Å². The molecular formula is C15H24N2O. The van der Waals surface area contributed by atoms with E-state index in [9.17, 15) is 4.79 Å². The monoisotopic (exact) mass is 248 g/mol. The molecule has 1 rings (SSSR count). The standard InChI is InChI=1S/C15H24N2O/c1-3-4-10-14(13-8-6-5-7-9-13)17-12(2)11-15(16)18/h5-9,12,14,17H,3-4,10-11H2,1-2H3,(H2,16,18). The summed E-state index contributed by atoms with van der Waals surface area (Å²) in [7, 11) is 0. The van der Waals surface area contributed by atoms with Crippen molar-refractivity contribution >= 4 is 5.91 Å². The van der Waals surface area contributed by atoms with E-state index in [0.29, 0.717) is 12.5 Å². The Morgan fingerprint density at radius 3 is 2.56 bits per heavy atom. The smallest absolute Gasteiger partial charge is 0.218 e. The lowest BCUT2D eigenvalue weighted by molar-refractivity contribution is -0.118. The molecule has 0 saturated carbocycles. The number of amides is 1. The van der Waals surface area contributed by atoms with Crippen LogP contribution in [0.15, 0.2) is 30.3 Å². The van der Waals surface area contributed by atoms with Crippen LogP contribution in [-0.4, -0.2) is 11.9 Å². The van der Waals surface area contributed by atoms with Crippen LogP contribution in [0.4, 0.5) is 0 Å². The molecule has 3 N–H and O–H groups in total. The molecule has 1 aromatic rings. The summed E-state index contributed by atoms with van der Waals surface area (Å²) >= 11 is 0. The molecule has 1 aromatic carbocycles. The normalized spacial score (nSPS) is 14.1. The van der Waals surface area contributed by atoms with Crippen molar-refractivity contribution in [3.63, 3.8) is 0 Å². The number of primary amides is 1. The van der Waals surface area contributed by atoms with Crippen LogP contribution in [0.5, 0.6) is 0 Å². The third-order valence-corrected chi connectivity index (χ3v) is 3.04. The van der Waals surface area contributed by atoms with Gasteiger partial charge in [0.1, 0.15) is 0 Å². The number of nitrogens with one attached hydrogen (secondary N) is 1. The summed E-state index contributed by atoms with van der Waals surface area (Å²) in [4.78, 5) is 10.9. The minimum Gasteiger partial charge on any atom is -0.370 e. The molecule has 3 nitrogen and oxygen atoms in total. The maximum Gasteiger partial charge on any atom is 0.218 e. The third kappa shape index (κ3) is 5.32. The molecule has 0 radical (unpaired) electrons. The zero-order valence-corrected chi connectivity index (χ0v) is 11.4. The quantitative estimate of drug-likeness (QED) is 0.743. The average Bonchev–Trinajstić information content (AvgIpc) is 2.34. The zero-order valence-electron chi connectivity index (χ0n) is 11.4. The lowest BCUT2D eigenvalue weighted by atomic mass is 10.00. The van der Waals surface area contributed by atoms with Crippen molar-refractivity contribution in [2.75, 3.05) is 0 Å². The number of hydrogen-bond donors (Lipinski definition) is 2.